The third kappa shape index (κ3) is 4.76. The van der Waals surface area contributed by atoms with Gasteiger partial charge in [0.2, 0.25) is 0 Å². The first-order valence-corrected chi connectivity index (χ1v) is 10.0. The summed E-state index contributed by atoms with van der Waals surface area (Å²) in [5, 5.41) is 8.03. The van der Waals surface area contributed by atoms with Gasteiger partial charge in [-0.25, -0.2) is 0 Å². The van der Waals surface area contributed by atoms with Crippen molar-refractivity contribution in [1.82, 2.24) is 5.32 Å². The van der Waals surface area contributed by atoms with Crippen LogP contribution in [0.3, 0.4) is 0 Å². The maximum absolute atomic E-state index is 6.39. The van der Waals surface area contributed by atoms with Crippen LogP contribution in [-0.4, -0.2) is 24.7 Å². The van der Waals surface area contributed by atoms with Crippen LogP contribution in [0.2, 0.25) is 5.02 Å². The second kappa shape index (κ2) is 8.85. The van der Waals surface area contributed by atoms with E-state index in [0.29, 0.717) is 16.2 Å². The molecule has 1 heterocycles. The summed E-state index contributed by atoms with van der Waals surface area (Å²) in [4.78, 5) is 1.64. The van der Waals surface area contributed by atoms with E-state index in [-0.39, 0.29) is 0 Å². The molecule has 1 saturated heterocycles. The smallest absolute Gasteiger partial charge is 0.171 e. The molecule has 3 rings (SSSR count). The van der Waals surface area contributed by atoms with Crippen molar-refractivity contribution in [2.75, 3.05) is 25.0 Å². The first kappa shape index (κ1) is 19.2. The minimum absolute atomic E-state index is 0.410. The average Bonchev–Trinajstić information content (AvgIpc) is 3.13. The van der Waals surface area contributed by atoms with E-state index >= 15 is 0 Å². The van der Waals surface area contributed by atoms with Gasteiger partial charge in [0.25, 0.3) is 0 Å². The third-order valence-corrected chi connectivity index (χ3v) is 5.62. The van der Waals surface area contributed by atoms with Crippen LogP contribution in [0, 0.1) is 13.8 Å². The lowest BCUT2D eigenvalue weighted by Crippen LogP contribution is -3.11. The van der Waals surface area contributed by atoms with Crippen LogP contribution in [-0.2, 0) is 0 Å². The Morgan fingerprint density at radius 3 is 2.50 bits per heavy atom. The molecule has 0 amide bonds. The molecule has 2 aromatic carbocycles. The van der Waals surface area contributed by atoms with Gasteiger partial charge in [-0.3, -0.25) is 0 Å². The van der Waals surface area contributed by atoms with Crippen molar-refractivity contribution in [3.63, 3.8) is 0 Å². The van der Waals surface area contributed by atoms with Crippen molar-refractivity contribution in [2.24, 2.45) is 0 Å². The molecular formula is C21H27ClN3S+. The Balaban J connectivity index is 1.66. The average molecular weight is 389 g/mol. The molecule has 1 aliphatic heterocycles. The van der Waals surface area contributed by atoms with E-state index < -0.39 is 0 Å². The highest BCUT2D eigenvalue weighted by Crippen LogP contribution is 2.27. The van der Waals surface area contributed by atoms with Gasteiger partial charge in [-0.1, -0.05) is 48.0 Å². The molecule has 2 aromatic rings. The largest absolute Gasteiger partial charge is 0.356 e. The molecule has 5 heteroatoms. The number of nitrogens with one attached hydrogen (secondary N) is 3. The van der Waals surface area contributed by atoms with E-state index in [9.17, 15) is 0 Å². The van der Waals surface area contributed by atoms with E-state index in [1.165, 1.54) is 31.5 Å². The summed E-state index contributed by atoms with van der Waals surface area (Å²) >= 11 is 11.9. The number of quaternary nitrogens is 1. The number of anilines is 1. The highest BCUT2D eigenvalue weighted by Gasteiger charge is 2.27. The number of rotatable bonds is 5. The minimum Gasteiger partial charge on any atom is -0.356 e. The second-order valence-corrected chi connectivity index (χ2v) is 7.92. The monoisotopic (exact) mass is 388 g/mol. The Labute approximate surface area is 166 Å². The van der Waals surface area contributed by atoms with Gasteiger partial charge in [-0.05, 0) is 43.3 Å². The lowest BCUT2D eigenvalue weighted by molar-refractivity contribution is -0.918. The van der Waals surface area contributed by atoms with Crippen molar-refractivity contribution in [3.05, 3.63) is 64.2 Å². The number of benzene rings is 2. The summed E-state index contributed by atoms with van der Waals surface area (Å²) < 4.78 is 0. The molecule has 0 saturated carbocycles. The molecule has 0 aliphatic carbocycles. The molecule has 3 nitrogen and oxygen atoms in total. The topological polar surface area (TPSA) is 28.5 Å². The Bertz CT molecular complexity index is 734. The van der Waals surface area contributed by atoms with Crippen LogP contribution in [0.1, 0.15) is 35.6 Å². The zero-order valence-electron chi connectivity index (χ0n) is 15.4. The van der Waals surface area contributed by atoms with Crippen LogP contribution in [0.25, 0.3) is 0 Å². The summed E-state index contributed by atoms with van der Waals surface area (Å²) in [6.45, 7) is 7.36. The fraction of sp³-hybridized carbons (Fsp3) is 0.381. The Morgan fingerprint density at radius 1 is 1.15 bits per heavy atom. The van der Waals surface area contributed by atoms with E-state index in [2.05, 4.69) is 47.0 Å². The first-order valence-electron chi connectivity index (χ1n) is 9.25. The number of likely N-dealkylation sites (tertiary alicyclic amines) is 1. The highest BCUT2D eigenvalue weighted by atomic mass is 35.5. The van der Waals surface area contributed by atoms with Gasteiger partial charge in [0.1, 0.15) is 6.04 Å². The highest BCUT2D eigenvalue weighted by molar-refractivity contribution is 7.80. The van der Waals surface area contributed by atoms with Crippen LogP contribution >= 0.6 is 23.8 Å². The van der Waals surface area contributed by atoms with Crippen LogP contribution < -0.4 is 15.5 Å². The van der Waals surface area contributed by atoms with Gasteiger partial charge in [0, 0.05) is 18.4 Å². The maximum atomic E-state index is 6.39. The van der Waals surface area contributed by atoms with Crippen LogP contribution in [0.15, 0.2) is 42.5 Å². The minimum atomic E-state index is 0.410. The molecule has 1 aliphatic rings. The molecule has 0 bridgehead atoms. The maximum Gasteiger partial charge on any atom is 0.171 e. The lowest BCUT2D eigenvalue weighted by atomic mass is 10.1. The van der Waals surface area contributed by atoms with Gasteiger partial charge >= 0.3 is 0 Å². The second-order valence-electron chi connectivity index (χ2n) is 7.10. The molecule has 3 N–H and O–H groups in total. The molecule has 0 spiro atoms. The van der Waals surface area contributed by atoms with Crippen LogP contribution in [0.4, 0.5) is 5.69 Å². The first-order chi connectivity index (χ1) is 12.5. The van der Waals surface area contributed by atoms with E-state index in [1.54, 1.807) is 4.90 Å². The predicted molar refractivity (Wildman–Crippen MR) is 114 cm³/mol. The zero-order chi connectivity index (χ0) is 18.5. The third-order valence-electron chi connectivity index (χ3n) is 5.08. The molecule has 0 radical (unpaired) electrons. The van der Waals surface area contributed by atoms with Gasteiger partial charge < -0.3 is 15.5 Å². The van der Waals surface area contributed by atoms with E-state index in [1.807, 2.05) is 19.9 Å². The zero-order valence-corrected chi connectivity index (χ0v) is 17.0. The normalized spacial score (nSPS) is 15.7. The quantitative estimate of drug-likeness (QED) is 0.682. The number of halogens is 1. The fourth-order valence-corrected chi connectivity index (χ4v) is 4.34. The van der Waals surface area contributed by atoms with Gasteiger partial charge in [0.05, 0.1) is 30.3 Å². The van der Waals surface area contributed by atoms with Gasteiger partial charge in [-0.15, -0.1) is 0 Å². The van der Waals surface area contributed by atoms with Gasteiger partial charge in [-0.2, -0.15) is 0 Å². The SMILES string of the molecule is Cc1cc(C)c(NC(=S)NC[C@@H](c2ccccc2)[NH+]2CCCC2)c(Cl)c1. The molecule has 1 fully saturated rings. The molecule has 138 valence electrons. The lowest BCUT2D eigenvalue weighted by Gasteiger charge is -2.26. The van der Waals surface area contributed by atoms with Crippen molar-refractivity contribution in [1.29, 1.82) is 0 Å². The molecule has 0 unspecified atom stereocenters. The van der Waals surface area contributed by atoms with E-state index in [0.717, 1.165) is 23.4 Å². The summed E-state index contributed by atoms with van der Waals surface area (Å²) in [5.74, 6) is 0. The Morgan fingerprint density at radius 2 is 1.85 bits per heavy atom. The number of hydrogen-bond donors (Lipinski definition) is 3. The summed E-state index contributed by atoms with van der Waals surface area (Å²) in [6, 6.07) is 15.2. The Hall–Kier alpha value is -1.62. The standard InChI is InChI=1S/C21H26ClN3S/c1-15-12-16(2)20(18(22)13-15)24-21(26)23-14-19(25-10-6-7-11-25)17-8-4-3-5-9-17/h3-5,8-9,12-13,19H,6-7,10-11,14H2,1-2H3,(H2,23,24,26)/p+1/t19-/m0/s1. The predicted octanol–water partition coefficient (Wildman–Crippen LogP) is 3.66. The van der Waals surface area contributed by atoms with Crippen molar-refractivity contribution in [2.45, 2.75) is 32.7 Å². The molecule has 1 atom stereocenters. The van der Waals surface area contributed by atoms with Crippen LogP contribution in [0.5, 0.6) is 0 Å². The number of thiocarbonyl (C=S) groups is 1. The van der Waals surface area contributed by atoms with Crippen molar-refractivity contribution < 1.29 is 4.90 Å². The number of aryl methyl sites for hydroxylation is 2. The Kier molecular flexibility index (Phi) is 6.52. The fourth-order valence-electron chi connectivity index (χ4n) is 3.79. The molecule has 26 heavy (non-hydrogen) atoms. The molecular weight excluding hydrogens is 362 g/mol. The number of hydrogen-bond acceptors (Lipinski definition) is 1. The van der Waals surface area contributed by atoms with Crippen molar-refractivity contribution in [3.8, 4) is 0 Å². The van der Waals surface area contributed by atoms with Crippen molar-refractivity contribution >= 4 is 34.6 Å². The summed E-state index contributed by atoms with van der Waals surface area (Å²) in [6.07, 6.45) is 2.61. The summed E-state index contributed by atoms with van der Waals surface area (Å²) in [7, 11) is 0. The van der Waals surface area contributed by atoms with E-state index in [4.69, 9.17) is 23.8 Å². The summed E-state index contributed by atoms with van der Waals surface area (Å²) in [5.41, 5.74) is 4.51. The molecule has 0 aromatic heterocycles. The van der Waals surface area contributed by atoms with Gasteiger partial charge in [0.15, 0.2) is 5.11 Å².